The largest absolute Gasteiger partial charge is 0.481 e. The molecule has 0 spiro atoms. The van der Waals surface area contributed by atoms with Crippen molar-refractivity contribution in [2.75, 3.05) is 12.8 Å². The second-order valence-electron chi connectivity index (χ2n) is 5.42. The van der Waals surface area contributed by atoms with Crippen LogP contribution in [-0.2, 0) is 13.1 Å². The summed E-state index contributed by atoms with van der Waals surface area (Å²) in [6.07, 6.45) is 0. The Bertz CT molecular complexity index is 584. The number of hydrogen-bond donors (Lipinski definition) is 1. The third-order valence-electron chi connectivity index (χ3n) is 3.42. The first-order valence-corrected chi connectivity index (χ1v) is 7.17. The molecule has 0 unspecified atom stereocenters. The van der Waals surface area contributed by atoms with Gasteiger partial charge in [0.25, 0.3) is 0 Å². The molecule has 1 aromatic carbocycles. The van der Waals surface area contributed by atoms with Crippen LogP contribution in [0.5, 0.6) is 5.88 Å². The van der Waals surface area contributed by atoms with Crippen molar-refractivity contribution < 1.29 is 4.74 Å². The fraction of sp³-hybridized carbons (Fsp3) is 0.353. The van der Waals surface area contributed by atoms with Gasteiger partial charge >= 0.3 is 0 Å². The minimum Gasteiger partial charge on any atom is -0.481 e. The summed E-state index contributed by atoms with van der Waals surface area (Å²) in [6.45, 7) is 6.00. The topological polar surface area (TPSA) is 51.4 Å². The number of ether oxygens (including phenoxy) is 1. The van der Waals surface area contributed by atoms with E-state index in [0.29, 0.717) is 11.9 Å². The third-order valence-corrected chi connectivity index (χ3v) is 3.42. The van der Waals surface area contributed by atoms with E-state index in [-0.39, 0.29) is 0 Å². The first-order valence-electron chi connectivity index (χ1n) is 7.17. The molecule has 2 N–H and O–H groups in total. The molecule has 0 fully saturated rings. The summed E-state index contributed by atoms with van der Waals surface area (Å²) >= 11 is 0. The number of methoxy groups -OCH3 is 1. The molecule has 0 amide bonds. The summed E-state index contributed by atoms with van der Waals surface area (Å²) in [4.78, 5) is 6.84. The smallest absolute Gasteiger partial charge is 0.213 e. The fourth-order valence-corrected chi connectivity index (χ4v) is 2.21. The Balaban J connectivity index is 2.12. The van der Waals surface area contributed by atoms with Crippen LogP contribution in [0.4, 0.5) is 5.69 Å². The zero-order valence-electron chi connectivity index (χ0n) is 12.9. The Hall–Kier alpha value is -2.07. The van der Waals surface area contributed by atoms with Crippen LogP contribution in [0.1, 0.15) is 25.1 Å². The van der Waals surface area contributed by atoms with Crippen LogP contribution in [-0.4, -0.2) is 23.0 Å². The lowest BCUT2D eigenvalue weighted by Gasteiger charge is -2.26. The normalized spacial score (nSPS) is 11.1. The van der Waals surface area contributed by atoms with E-state index < -0.39 is 0 Å². The van der Waals surface area contributed by atoms with Gasteiger partial charge in [0.2, 0.25) is 5.88 Å². The summed E-state index contributed by atoms with van der Waals surface area (Å²) in [5.41, 5.74) is 8.88. The predicted molar refractivity (Wildman–Crippen MR) is 86.0 cm³/mol. The Morgan fingerprint density at radius 3 is 2.57 bits per heavy atom. The molecule has 0 saturated carbocycles. The zero-order valence-corrected chi connectivity index (χ0v) is 12.9. The van der Waals surface area contributed by atoms with Gasteiger partial charge in [-0.2, -0.15) is 0 Å². The second-order valence-corrected chi connectivity index (χ2v) is 5.42. The lowest BCUT2D eigenvalue weighted by Crippen LogP contribution is -2.30. The monoisotopic (exact) mass is 285 g/mol. The van der Waals surface area contributed by atoms with Gasteiger partial charge in [-0.1, -0.05) is 18.2 Å². The number of pyridine rings is 1. The molecule has 0 atom stereocenters. The first-order chi connectivity index (χ1) is 10.1. The van der Waals surface area contributed by atoms with Gasteiger partial charge in [-0.3, -0.25) is 4.90 Å². The number of aromatic nitrogens is 1. The number of hydrogen-bond acceptors (Lipinski definition) is 4. The van der Waals surface area contributed by atoms with Gasteiger partial charge in [-0.15, -0.1) is 0 Å². The maximum absolute atomic E-state index is 5.85. The molecule has 2 aromatic rings. The van der Waals surface area contributed by atoms with Gasteiger partial charge in [0.15, 0.2) is 0 Å². The second kappa shape index (κ2) is 7.09. The Labute approximate surface area is 126 Å². The van der Waals surface area contributed by atoms with Gasteiger partial charge < -0.3 is 10.5 Å². The molecule has 1 aromatic heterocycles. The number of benzene rings is 1. The van der Waals surface area contributed by atoms with E-state index in [1.807, 2.05) is 36.4 Å². The highest BCUT2D eigenvalue weighted by molar-refractivity contribution is 5.40. The lowest BCUT2D eigenvalue weighted by atomic mass is 10.1. The summed E-state index contributed by atoms with van der Waals surface area (Å²) in [7, 11) is 1.64. The highest BCUT2D eigenvalue weighted by atomic mass is 16.5. The highest BCUT2D eigenvalue weighted by Gasteiger charge is 2.12. The van der Waals surface area contributed by atoms with E-state index in [2.05, 4.69) is 29.8 Å². The van der Waals surface area contributed by atoms with Gasteiger partial charge in [-0.05, 0) is 37.6 Å². The van der Waals surface area contributed by atoms with Crippen molar-refractivity contribution in [3.8, 4) is 5.88 Å². The fourth-order valence-electron chi connectivity index (χ4n) is 2.21. The molecule has 4 heteroatoms. The zero-order chi connectivity index (χ0) is 15.2. The van der Waals surface area contributed by atoms with Crippen molar-refractivity contribution >= 4 is 5.69 Å². The quantitative estimate of drug-likeness (QED) is 0.829. The molecule has 21 heavy (non-hydrogen) atoms. The van der Waals surface area contributed by atoms with Crippen LogP contribution in [0.2, 0.25) is 0 Å². The average Bonchev–Trinajstić information content (AvgIpc) is 2.47. The molecular formula is C17H23N3O. The lowest BCUT2D eigenvalue weighted by molar-refractivity contribution is 0.200. The predicted octanol–water partition coefficient (Wildman–Crippen LogP) is 3.08. The number of nitrogens with zero attached hydrogens (tertiary/aromatic N) is 2. The van der Waals surface area contributed by atoms with E-state index in [0.717, 1.165) is 24.5 Å². The molecule has 0 bridgehead atoms. The summed E-state index contributed by atoms with van der Waals surface area (Å²) in [5.74, 6) is 0.653. The SMILES string of the molecule is COc1cccc(CN(Cc2cccc(N)c2)C(C)C)n1. The number of rotatable bonds is 6. The Morgan fingerprint density at radius 1 is 1.14 bits per heavy atom. The molecule has 0 aliphatic heterocycles. The van der Waals surface area contributed by atoms with Crippen molar-refractivity contribution in [2.24, 2.45) is 0 Å². The van der Waals surface area contributed by atoms with Crippen LogP contribution >= 0.6 is 0 Å². The van der Waals surface area contributed by atoms with Crippen LogP contribution in [0, 0.1) is 0 Å². The number of nitrogen functional groups attached to an aromatic ring is 1. The number of nitrogens with two attached hydrogens (primary N) is 1. The van der Waals surface area contributed by atoms with Crippen LogP contribution in [0.3, 0.4) is 0 Å². The highest BCUT2D eigenvalue weighted by Crippen LogP contribution is 2.15. The van der Waals surface area contributed by atoms with Crippen molar-refractivity contribution in [3.63, 3.8) is 0 Å². The molecule has 0 saturated heterocycles. The molecule has 1 heterocycles. The van der Waals surface area contributed by atoms with Crippen molar-refractivity contribution in [1.29, 1.82) is 0 Å². The minimum absolute atomic E-state index is 0.416. The molecule has 0 aliphatic carbocycles. The van der Waals surface area contributed by atoms with Crippen LogP contribution < -0.4 is 10.5 Å². The molecule has 112 valence electrons. The van der Waals surface area contributed by atoms with Crippen molar-refractivity contribution in [2.45, 2.75) is 33.0 Å². The van der Waals surface area contributed by atoms with E-state index >= 15 is 0 Å². The molecule has 0 radical (unpaired) electrons. The van der Waals surface area contributed by atoms with Crippen LogP contribution in [0.15, 0.2) is 42.5 Å². The van der Waals surface area contributed by atoms with Crippen molar-refractivity contribution in [1.82, 2.24) is 9.88 Å². The van der Waals surface area contributed by atoms with E-state index in [1.54, 1.807) is 7.11 Å². The third kappa shape index (κ3) is 4.46. The average molecular weight is 285 g/mol. The first kappa shape index (κ1) is 15.3. The van der Waals surface area contributed by atoms with E-state index in [4.69, 9.17) is 10.5 Å². The molecular weight excluding hydrogens is 262 g/mol. The molecule has 0 aliphatic rings. The standard InChI is InChI=1S/C17H23N3O/c1-13(2)20(11-14-6-4-7-15(18)10-14)12-16-8-5-9-17(19-16)21-3/h4-10,13H,11-12,18H2,1-3H3. The minimum atomic E-state index is 0.416. The maximum atomic E-state index is 5.85. The van der Waals surface area contributed by atoms with Gasteiger partial charge in [0.05, 0.1) is 12.8 Å². The number of anilines is 1. The van der Waals surface area contributed by atoms with Crippen molar-refractivity contribution in [3.05, 3.63) is 53.7 Å². The summed E-state index contributed by atoms with van der Waals surface area (Å²) in [5, 5.41) is 0. The van der Waals surface area contributed by atoms with Crippen LogP contribution in [0.25, 0.3) is 0 Å². The van der Waals surface area contributed by atoms with Gasteiger partial charge in [0.1, 0.15) is 0 Å². The summed E-state index contributed by atoms with van der Waals surface area (Å²) < 4.78 is 5.18. The van der Waals surface area contributed by atoms with E-state index in [9.17, 15) is 0 Å². The summed E-state index contributed by atoms with van der Waals surface area (Å²) in [6, 6.07) is 14.3. The van der Waals surface area contributed by atoms with E-state index in [1.165, 1.54) is 5.56 Å². The Morgan fingerprint density at radius 2 is 1.90 bits per heavy atom. The molecule has 2 rings (SSSR count). The molecule has 4 nitrogen and oxygen atoms in total. The Kier molecular flexibility index (Phi) is 5.17. The van der Waals surface area contributed by atoms with Gasteiger partial charge in [0, 0.05) is 30.9 Å². The maximum Gasteiger partial charge on any atom is 0.213 e. The van der Waals surface area contributed by atoms with Gasteiger partial charge in [-0.25, -0.2) is 4.98 Å².